The highest BCUT2D eigenvalue weighted by Gasteiger charge is 2.18. The Morgan fingerprint density at radius 2 is 0.704 bits per heavy atom. The molecule has 0 fully saturated rings. The molecule has 6 heteroatoms. The smallest absolute Gasteiger partial charge is 0.305 e. The lowest BCUT2D eigenvalue weighted by atomic mass is 10.0. The summed E-state index contributed by atoms with van der Waals surface area (Å²) in [5.41, 5.74) is 0. The van der Waals surface area contributed by atoms with Crippen molar-refractivity contribution in [2.45, 2.75) is 353 Å². The standard InChI is InChI=1S/C65H123NO5/c1-3-5-7-9-11-13-15-17-19-21-22-23-24-26-29-33-37-41-45-49-53-57-63(68)62(61-67)66-64(69)58-54-50-46-42-38-34-30-27-25-28-32-36-40-44-48-52-56-60-71-65(70)59-55-51-47-43-39-35-31-20-18-16-14-12-10-8-6-4-2/h25,28,36,40,53,57,62-63,67-68H,3-24,26-27,29-35,37-39,41-52,54-56,58-61H2,1-2H3,(H,66,69)/b28-25-,40-36-,57-53+. The molecule has 0 aliphatic heterocycles. The lowest BCUT2D eigenvalue weighted by Gasteiger charge is -2.20. The predicted octanol–water partition coefficient (Wildman–Crippen LogP) is 20.0. The van der Waals surface area contributed by atoms with Crippen LogP contribution in [-0.2, 0) is 14.3 Å². The summed E-state index contributed by atoms with van der Waals surface area (Å²) in [5.74, 6) is -0.0940. The van der Waals surface area contributed by atoms with Crippen molar-refractivity contribution >= 4 is 11.9 Å². The fourth-order valence-electron chi connectivity index (χ4n) is 9.78. The fraction of sp³-hybridized carbons (Fsp3) is 0.877. The quantitative estimate of drug-likeness (QED) is 0.0321. The fourth-order valence-corrected chi connectivity index (χ4v) is 9.78. The molecule has 0 aliphatic carbocycles. The number of aliphatic hydroxyl groups is 2. The first-order valence-corrected chi connectivity index (χ1v) is 31.8. The van der Waals surface area contributed by atoms with Crippen molar-refractivity contribution in [3.63, 3.8) is 0 Å². The van der Waals surface area contributed by atoms with E-state index in [-0.39, 0.29) is 18.5 Å². The molecule has 6 nitrogen and oxygen atoms in total. The number of carbonyl (C=O) groups excluding carboxylic acids is 2. The van der Waals surface area contributed by atoms with E-state index in [1.54, 1.807) is 6.08 Å². The summed E-state index contributed by atoms with van der Waals surface area (Å²) in [5, 5.41) is 23.2. The summed E-state index contributed by atoms with van der Waals surface area (Å²) >= 11 is 0. The molecule has 0 spiro atoms. The zero-order chi connectivity index (χ0) is 51.4. The van der Waals surface area contributed by atoms with E-state index in [0.717, 1.165) is 83.5 Å². The molecule has 0 heterocycles. The van der Waals surface area contributed by atoms with Crippen LogP contribution in [0.25, 0.3) is 0 Å². The Balaban J connectivity index is 3.51. The van der Waals surface area contributed by atoms with Crippen molar-refractivity contribution in [1.29, 1.82) is 0 Å². The van der Waals surface area contributed by atoms with Gasteiger partial charge in [0.2, 0.25) is 5.91 Å². The van der Waals surface area contributed by atoms with Crippen molar-refractivity contribution in [3.05, 3.63) is 36.5 Å². The Hall–Kier alpha value is -1.92. The molecular formula is C65H123NO5. The van der Waals surface area contributed by atoms with E-state index < -0.39 is 12.1 Å². The molecular weight excluding hydrogens is 875 g/mol. The number of unbranched alkanes of at least 4 members (excludes halogenated alkanes) is 44. The zero-order valence-electron chi connectivity index (χ0n) is 47.7. The van der Waals surface area contributed by atoms with E-state index in [0.29, 0.717) is 19.4 Å². The van der Waals surface area contributed by atoms with Gasteiger partial charge in [0.25, 0.3) is 0 Å². The number of hydrogen-bond acceptors (Lipinski definition) is 5. The van der Waals surface area contributed by atoms with Gasteiger partial charge in [0.15, 0.2) is 0 Å². The van der Waals surface area contributed by atoms with Crippen molar-refractivity contribution in [2.75, 3.05) is 13.2 Å². The summed E-state index contributed by atoms with van der Waals surface area (Å²) in [4.78, 5) is 24.6. The molecule has 0 radical (unpaired) electrons. The minimum atomic E-state index is -0.856. The van der Waals surface area contributed by atoms with E-state index in [4.69, 9.17) is 4.74 Å². The second-order valence-corrected chi connectivity index (χ2v) is 21.7. The summed E-state index contributed by atoms with van der Waals surface area (Å²) in [6.07, 6.45) is 76.1. The Bertz CT molecular complexity index is 1150. The van der Waals surface area contributed by atoms with Crippen LogP contribution in [0.1, 0.15) is 341 Å². The van der Waals surface area contributed by atoms with Crippen LogP contribution >= 0.6 is 0 Å². The third-order valence-electron chi connectivity index (χ3n) is 14.7. The molecule has 1 amide bonds. The highest BCUT2D eigenvalue weighted by molar-refractivity contribution is 5.76. The molecule has 418 valence electrons. The molecule has 0 aromatic rings. The molecule has 0 saturated heterocycles. The summed E-state index contributed by atoms with van der Waals surface area (Å²) in [7, 11) is 0. The normalized spacial score (nSPS) is 12.8. The third kappa shape index (κ3) is 57.2. The van der Waals surface area contributed by atoms with Crippen LogP contribution in [0, 0.1) is 0 Å². The van der Waals surface area contributed by atoms with Gasteiger partial charge in [-0.15, -0.1) is 0 Å². The summed E-state index contributed by atoms with van der Waals surface area (Å²) < 4.78 is 5.47. The molecule has 0 aromatic heterocycles. The second kappa shape index (κ2) is 60.6. The molecule has 0 bridgehead atoms. The zero-order valence-corrected chi connectivity index (χ0v) is 47.7. The Kier molecular flexibility index (Phi) is 59.0. The van der Waals surface area contributed by atoms with Gasteiger partial charge in [0.05, 0.1) is 25.4 Å². The Morgan fingerprint density at radius 3 is 1.07 bits per heavy atom. The lowest BCUT2D eigenvalue weighted by molar-refractivity contribution is -0.143. The predicted molar refractivity (Wildman–Crippen MR) is 310 cm³/mol. The highest BCUT2D eigenvalue weighted by Crippen LogP contribution is 2.17. The van der Waals surface area contributed by atoms with Crippen LogP contribution in [0.2, 0.25) is 0 Å². The molecule has 0 aromatic carbocycles. The molecule has 2 atom stereocenters. The molecule has 2 unspecified atom stereocenters. The van der Waals surface area contributed by atoms with Gasteiger partial charge >= 0.3 is 5.97 Å². The van der Waals surface area contributed by atoms with E-state index in [9.17, 15) is 19.8 Å². The van der Waals surface area contributed by atoms with Gasteiger partial charge in [0, 0.05) is 12.8 Å². The van der Waals surface area contributed by atoms with Crippen molar-refractivity contribution in [3.8, 4) is 0 Å². The van der Waals surface area contributed by atoms with E-state index in [1.165, 1.54) is 231 Å². The topological polar surface area (TPSA) is 95.9 Å². The number of amides is 1. The minimum absolute atomic E-state index is 0.0126. The van der Waals surface area contributed by atoms with Crippen LogP contribution in [0.4, 0.5) is 0 Å². The molecule has 3 N–H and O–H groups in total. The van der Waals surface area contributed by atoms with Crippen LogP contribution in [-0.4, -0.2) is 47.4 Å². The van der Waals surface area contributed by atoms with E-state index in [1.807, 2.05) is 6.08 Å². The third-order valence-corrected chi connectivity index (χ3v) is 14.7. The first kappa shape index (κ1) is 69.1. The largest absolute Gasteiger partial charge is 0.466 e. The van der Waals surface area contributed by atoms with Crippen LogP contribution in [0.5, 0.6) is 0 Å². The Morgan fingerprint density at radius 1 is 0.394 bits per heavy atom. The highest BCUT2D eigenvalue weighted by atomic mass is 16.5. The maximum Gasteiger partial charge on any atom is 0.305 e. The van der Waals surface area contributed by atoms with E-state index >= 15 is 0 Å². The maximum absolute atomic E-state index is 12.5. The van der Waals surface area contributed by atoms with Gasteiger partial charge in [-0.1, -0.05) is 294 Å². The Labute approximate surface area is 443 Å². The van der Waals surface area contributed by atoms with Crippen LogP contribution in [0.3, 0.4) is 0 Å². The van der Waals surface area contributed by atoms with Gasteiger partial charge in [-0.05, 0) is 70.6 Å². The minimum Gasteiger partial charge on any atom is -0.466 e. The summed E-state index contributed by atoms with van der Waals surface area (Å²) in [6, 6.07) is -0.641. The monoisotopic (exact) mass is 998 g/mol. The van der Waals surface area contributed by atoms with Crippen LogP contribution in [0.15, 0.2) is 36.5 Å². The number of carbonyl (C=O) groups is 2. The first-order valence-electron chi connectivity index (χ1n) is 31.8. The molecule has 0 aliphatic rings. The number of allylic oxidation sites excluding steroid dienone is 5. The number of hydrogen-bond donors (Lipinski definition) is 3. The van der Waals surface area contributed by atoms with Crippen LogP contribution < -0.4 is 5.32 Å². The number of esters is 1. The van der Waals surface area contributed by atoms with Crippen molar-refractivity contribution < 1.29 is 24.5 Å². The van der Waals surface area contributed by atoms with Gasteiger partial charge in [-0.2, -0.15) is 0 Å². The number of rotatable bonds is 59. The van der Waals surface area contributed by atoms with E-state index in [2.05, 4.69) is 43.5 Å². The molecule has 0 saturated carbocycles. The number of ether oxygens (including phenoxy) is 1. The number of aliphatic hydroxyl groups excluding tert-OH is 2. The average molecular weight is 999 g/mol. The molecule has 0 rings (SSSR count). The number of nitrogens with one attached hydrogen (secondary N) is 1. The SMILES string of the molecule is CCCCCCCCCCCCCCCCCCCCC/C=C/C(O)C(CO)NC(=O)CCCCCCCCC/C=C\C/C=C\CCCCCOC(=O)CCCCCCCCCCCCCCCCCC. The van der Waals surface area contributed by atoms with Gasteiger partial charge < -0.3 is 20.3 Å². The second-order valence-electron chi connectivity index (χ2n) is 21.7. The van der Waals surface area contributed by atoms with Crippen molar-refractivity contribution in [2.24, 2.45) is 0 Å². The first-order chi connectivity index (χ1) is 35.0. The maximum atomic E-state index is 12.5. The summed E-state index contributed by atoms with van der Waals surface area (Å²) in [6.45, 7) is 4.89. The van der Waals surface area contributed by atoms with Gasteiger partial charge in [-0.3, -0.25) is 9.59 Å². The lowest BCUT2D eigenvalue weighted by Crippen LogP contribution is -2.45. The van der Waals surface area contributed by atoms with Gasteiger partial charge in [-0.25, -0.2) is 0 Å². The molecule has 71 heavy (non-hydrogen) atoms. The van der Waals surface area contributed by atoms with Crippen molar-refractivity contribution in [1.82, 2.24) is 5.32 Å². The average Bonchev–Trinajstić information content (AvgIpc) is 3.37. The van der Waals surface area contributed by atoms with Gasteiger partial charge in [0.1, 0.15) is 0 Å².